The Morgan fingerprint density at radius 2 is 1.97 bits per heavy atom. The summed E-state index contributed by atoms with van der Waals surface area (Å²) in [7, 11) is 1.72. The zero-order chi connectivity index (χ0) is 22.8. The molecule has 2 heterocycles. The molecule has 32 heavy (non-hydrogen) atoms. The average molecular weight is 449 g/mol. The van der Waals surface area contributed by atoms with Crippen molar-refractivity contribution in [2.75, 3.05) is 13.1 Å². The summed E-state index contributed by atoms with van der Waals surface area (Å²) < 4.78 is 60.9. The van der Waals surface area contributed by atoms with E-state index in [1.807, 2.05) is 0 Å². The monoisotopic (exact) mass is 449 g/mol. The van der Waals surface area contributed by atoms with Crippen LogP contribution in [0.5, 0.6) is 11.5 Å². The Kier molecular flexibility index (Phi) is 4.66. The molecule has 1 saturated carbocycles. The zero-order valence-electron chi connectivity index (χ0n) is 16.9. The summed E-state index contributed by atoms with van der Waals surface area (Å²) in [6, 6.07) is 5.20. The van der Waals surface area contributed by atoms with Crippen LogP contribution in [0, 0.1) is 11.7 Å². The van der Waals surface area contributed by atoms with Crippen LogP contribution in [0.25, 0.3) is 10.9 Å². The SMILES string of the molecule is Cn1cc2cc(Oc3cc(F)ccc3C(F)(F)F)cc(C3C[C@H]3C(=O)N3CC(O)C3)c2n1. The number of carbonyl (C=O) groups excluding carboxylic acids is 1. The third kappa shape index (κ3) is 3.68. The fraction of sp³-hybridized carbons (Fsp3) is 0.364. The quantitative estimate of drug-likeness (QED) is 0.615. The lowest BCUT2D eigenvalue weighted by molar-refractivity contribution is -0.142. The van der Waals surface area contributed by atoms with Crippen molar-refractivity contribution in [2.24, 2.45) is 13.0 Å². The fourth-order valence-corrected chi connectivity index (χ4v) is 4.22. The van der Waals surface area contributed by atoms with Crippen molar-refractivity contribution in [3.8, 4) is 11.5 Å². The smallest absolute Gasteiger partial charge is 0.419 e. The van der Waals surface area contributed by atoms with Crippen LogP contribution in [0.3, 0.4) is 0 Å². The van der Waals surface area contributed by atoms with Gasteiger partial charge in [0.25, 0.3) is 0 Å². The fourth-order valence-electron chi connectivity index (χ4n) is 4.22. The molecular formula is C22H19F4N3O3. The maximum Gasteiger partial charge on any atom is 0.419 e. The second kappa shape index (κ2) is 7.19. The highest BCUT2D eigenvalue weighted by atomic mass is 19.4. The number of hydrogen-bond acceptors (Lipinski definition) is 4. The largest absolute Gasteiger partial charge is 0.457 e. The van der Waals surface area contributed by atoms with E-state index in [4.69, 9.17) is 4.74 Å². The first kappa shape index (κ1) is 20.7. The van der Waals surface area contributed by atoms with Crippen molar-refractivity contribution in [2.45, 2.75) is 24.6 Å². The van der Waals surface area contributed by atoms with Crippen molar-refractivity contribution in [1.82, 2.24) is 14.7 Å². The molecule has 1 aliphatic carbocycles. The van der Waals surface area contributed by atoms with Crippen LogP contribution < -0.4 is 4.74 Å². The normalized spacial score (nSPS) is 21.0. The van der Waals surface area contributed by atoms with Crippen LogP contribution in [-0.4, -0.2) is 44.9 Å². The van der Waals surface area contributed by atoms with Gasteiger partial charge in [-0.05, 0) is 42.2 Å². The highest BCUT2D eigenvalue weighted by molar-refractivity contribution is 5.88. The lowest BCUT2D eigenvalue weighted by Crippen LogP contribution is -2.54. The van der Waals surface area contributed by atoms with E-state index in [0.29, 0.717) is 48.1 Å². The molecule has 1 amide bonds. The molecular weight excluding hydrogens is 430 g/mol. The summed E-state index contributed by atoms with van der Waals surface area (Å²) in [5.74, 6) is -1.86. The number of nitrogens with zero attached hydrogens (tertiary/aromatic N) is 3. The van der Waals surface area contributed by atoms with Gasteiger partial charge >= 0.3 is 6.18 Å². The highest BCUT2D eigenvalue weighted by Crippen LogP contribution is 2.52. The molecule has 1 saturated heterocycles. The van der Waals surface area contributed by atoms with Crippen LogP contribution in [0.2, 0.25) is 0 Å². The maximum atomic E-state index is 13.7. The van der Waals surface area contributed by atoms with Gasteiger partial charge in [-0.15, -0.1) is 0 Å². The number of aryl methyl sites for hydroxylation is 1. The first-order chi connectivity index (χ1) is 15.1. The lowest BCUT2D eigenvalue weighted by atomic mass is 10.0. The van der Waals surface area contributed by atoms with E-state index >= 15 is 0 Å². The molecule has 0 bridgehead atoms. The minimum Gasteiger partial charge on any atom is -0.457 e. The number of aromatic nitrogens is 2. The Morgan fingerprint density at radius 3 is 2.66 bits per heavy atom. The van der Waals surface area contributed by atoms with Gasteiger partial charge in [0.2, 0.25) is 5.91 Å². The molecule has 0 radical (unpaired) electrons. The number of amides is 1. The van der Waals surface area contributed by atoms with Gasteiger partial charge in [0.15, 0.2) is 0 Å². The van der Waals surface area contributed by atoms with Crippen molar-refractivity contribution < 1.29 is 32.2 Å². The number of halogens is 4. The summed E-state index contributed by atoms with van der Waals surface area (Å²) in [5, 5.41) is 14.5. The van der Waals surface area contributed by atoms with Gasteiger partial charge in [-0.3, -0.25) is 9.48 Å². The zero-order valence-corrected chi connectivity index (χ0v) is 16.9. The number of carbonyl (C=O) groups is 1. The Morgan fingerprint density at radius 1 is 1.22 bits per heavy atom. The first-order valence-electron chi connectivity index (χ1n) is 10.1. The Bertz CT molecular complexity index is 1220. The van der Waals surface area contributed by atoms with Crippen LogP contribution in [-0.2, 0) is 18.0 Å². The van der Waals surface area contributed by atoms with Gasteiger partial charge in [0.05, 0.1) is 17.2 Å². The highest BCUT2D eigenvalue weighted by Gasteiger charge is 2.49. The van der Waals surface area contributed by atoms with Crippen LogP contribution in [0.1, 0.15) is 23.5 Å². The Labute approximate surface area is 180 Å². The second-order valence-electron chi connectivity index (χ2n) is 8.34. The second-order valence-corrected chi connectivity index (χ2v) is 8.34. The summed E-state index contributed by atoms with van der Waals surface area (Å²) in [6.45, 7) is 0.619. The van der Waals surface area contributed by atoms with Crippen LogP contribution in [0.15, 0.2) is 36.5 Å². The summed E-state index contributed by atoms with van der Waals surface area (Å²) in [6.07, 6.45) is -2.93. The summed E-state index contributed by atoms with van der Waals surface area (Å²) >= 11 is 0. The van der Waals surface area contributed by atoms with Gasteiger partial charge in [-0.1, -0.05) is 0 Å². The number of β-amino-alcohol motifs (C(OH)–C–C–N with tert-alkyl or cyclic N) is 1. The van der Waals surface area contributed by atoms with Gasteiger partial charge < -0.3 is 14.7 Å². The minimum atomic E-state index is -4.71. The number of rotatable bonds is 4. The van der Waals surface area contributed by atoms with Crippen molar-refractivity contribution in [1.29, 1.82) is 0 Å². The number of alkyl halides is 3. The molecule has 1 aromatic heterocycles. The van der Waals surface area contributed by atoms with E-state index in [-0.39, 0.29) is 23.5 Å². The molecule has 10 heteroatoms. The molecule has 2 aromatic carbocycles. The molecule has 1 N–H and O–H groups in total. The first-order valence-corrected chi connectivity index (χ1v) is 10.1. The van der Waals surface area contributed by atoms with E-state index in [1.165, 1.54) is 0 Å². The minimum absolute atomic E-state index is 0.0554. The number of hydrogen-bond donors (Lipinski definition) is 1. The average Bonchev–Trinajstić information content (AvgIpc) is 3.38. The molecule has 1 unspecified atom stereocenters. The number of benzene rings is 2. The standard InChI is InChI=1S/C22H19F4N3O3/c1-28-8-11-4-14(32-19-5-12(23)2-3-18(19)22(24,25)26)6-16(20(11)27-28)15-7-17(15)21(31)29-9-13(30)10-29/h2-6,8,13,15,17,30H,7,9-10H2,1H3/t15?,17-/m1/s1. The molecule has 6 nitrogen and oxygen atoms in total. The maximum absolute atomic E-state index is 13.7. The third-order valence-electron chi connectivity index (χ3n) is 5.88. The summed E-state index contributed by atoms with van der Waals surface area (Å²) in [5.41, 5.74) is 0.254. The van der Waals surface area contributed by atoms with Gasteiger partial charge in [0, 0.05) is 43.7 Å². The van der Waals surface area contributed by atoms with E-state index in [9.17, 15) is 27.5 Å². The van der Waals surface area contributed by atoms with E-state index in [0.717, 1.165) is 6.07 Å². The number of likely N-dealkylation sites (tertiary alicyclic amines) is 1. The summed E-state index contributed by atoms with van der Waals surface area (Å²) in [4.78, 5) is 14.2. The lowest BCUT2D eigenvalue weighted by Gasteiger charge is -2.36. The predicted molar refractivity (Wildman–Crippen MR) is 106 cm³/mol. The number of fused-ring (bicyclic) bond motifs is 1. The number of aliphatic hydroxyl groups is 1. The molecule has 2 atom stereocenters. The van der Waals surface area contributed by atoms with Crippen LogP contribution in [0.4, 0.5) is 17.6 Å². The molecule has 3 aromatic rings. The van der Waals surface area contributed by atoms with Crippen molar-refractivity contribution in [3.05, 3.63) is 53.5 Å². The number of aliphatic hydroxyl groups excluding tert-OH is 1. The van der Waals surface area contributed by atoms with Gasteiger partial charge in [-0.2, -0.15) is 18.3 Å². The number of ether oxygens (including phenoxy) is 1. The van der Waals surface area contributed by atoms with E-state index in [2.05, 4.69) is 5.10 Å². The van der Waals surface area contributed by atoms with Gasteiger partial charge in [0.1, 0.15) is 17.3 Å². The van der Waals surface area contributed by atoms with Crippen molar-refractivity contribution in [3.63, 3.8) is 0 Å². The van der Waals surface area contributed by atoms with E-state index in [1.54, 1.807) is 35.0 Å². The Balaban J connectivity index is 1.49. The molecule has 0 spiro atoms. The molecule has 2 fully saturated rings. The third-order valence-corrected chi connectivity index (χ3v) is 5.88. The van der Waals surface area contributed by atoms with Gasteiger partial charge in [-0.25, -0.2) is 4.39 Å². The molecule has 168 valence electrons. The van der Waals surface area contributed by atoms with Crippen molar-refractivity contribution >= 4 is 16.8 Å². The van der Waals surface area contributed by atoms with E-state index < -0.39 is 29.4 Å². The predicted octanol–water partition coefficient (Wildman–Crippen LogP) is 3.83. The molecule has 5 rings (SSSR count). The van der Waals surface area contributed by atoms with Crippen LogP contribution >= 0.6 is 0 Å². The molecule has 2 aliphatic rings. The topological polar surface area (TPSA) is 67.6 Å². The Hall–Kier alpha value is -3.14. The molecule has 1 aliphatic heterocycles.